The molecule has 0 spiro atoms. The molecule has 0 aromatic heterocycles. The lowest BCUT2D eigenvalue weighted by Crippen LogP contribution is -2.36. The van der Waals surface area contributed by atoms with Crippen LogP contribution >= 0.6 is 0 Å². The minimum absolute atomic E-state index is 0.0187. The second kappa shape index (κ2) is 5.81. The second-order valence-corrected chi connectivity index (χ2v) is 4.14. The summed E-state index contributed by atoms with van der Waals surface area (Å²) in [4.78, 5) is 12.1. The molecule has 0 aliphatic heterocycles. The summed E-state index contributed by atoms with van der Waals surface area (Å²) < 4.78 is 42.6. The van der Waals surface area contributed by atoms with E-state index in [-0.39, 0.29) is 5.75 Å². The first-order valence-corrected chi connectivity index (χ1v) is 5.42. The Balaban J connectivity index is 2.90. The predicted octanol–water partition coefficient (Wildman–Crippen LogP) is 2.54. The van der Waals surface area contributed by atoms with Crippen molar-refractivity contribution in [3.63, 3.8) is 0 Å². The Morgan fingerprint density at radius 2 is 2.05 bits per heavy atom. The molecule has 0 fully saturated rings. The molecule has 1 aromatic carbocycles. The van der Waals surface area contributed by atoms with Crippen molar-refractivity contribution in [1.82, 2.24) is 0 Å². The molecule has 1 unspecified atom stereocenters. The maximum absolute atomic E-state index is 12.6. The van der Waals surface area contributed by atoms with Crippen LogP contribution in [0.1, 0.15) is 6.42 Å². The maximum Gasteiger partial charge on any atom is 0.425 e. The summed E-state index contributed by atoms with van der Waals surface area (Å²) in [5.74, 6) is -1.58. The average molecular weight is 277 g/mol. The Morgan fingerprint density at radius 1 is 1.42 bits per heavy atom. The number of hydrogen-bond acceptors (Lipinski definition) is 3. The summed E-state index contributed by atoms with van der Waals surface area (Å²) in [7, 11) is 3.47. The minimum atomic E-state index is -4.73. The van der Waals surface area contributed by atoms with Gasteiger partial charge < -0.3 is 14.7 Å². The third-order valence-electron chi connectivity index (χ3n) is 2.34. The van der Waals surface area contributed by atoms with E-state index in [2.05, 4.69) is 0 Å². The van der Waals surface area contributed by atoms with Crippen molar-refractivity contribution in [2.45, 2.75) is 18.7 Å². The highest BCUT2D eigenvalue weighted by Crippen LogP contribution is 2.29. The van der Waals surface area contributed by atoms with Gasteiger partial charge in [-0.1, -0.05) is 6.07 Å². The molecule has 106 valence electrons. The number of carboxylic acids is 1. The van der Waals surface area contributed by atoms with Crippen molar-refractivity contribution < 1.29 is 27.8 Å². The van der Waals surface area contributed by atoms with Gasteiger partial charge in [-0.3, -0.25) is 4.79 Å². The van der Waals surface area contributed by atoms with Gasteiger partial charge in [-0.2, -0.15) is 13.2 Å². The van der Waals surface area contributed by atoms with E-state index in [1.807, 2.05) is 0 Å². The second-order valence-electron chi connectivity index (χ2n) is 4.14. The minimum Gasteiger partial charge on any atom is -0.481 e. The van der Waals surface area contributed by atoms with E-state index in [4.69, 9.17) is 9.84 Å². The van der Waals surface area contributed by atoms with E-state index in [9.17, 15) is 18.0 Å². The summed E-state index contributed by atoms with van der Waals surface area (Å²) in [6.45, 7) is 0. The van der Waals surface area contributed by atoms with Gasteiger partial charge in [0.15, 0.2) is 0 Å². The van der Waals surface area contributed by atoms with Gasteiger partial charge in [0.2, 0.25) is 6.10 Å². The number of carboxylic acid groups (broad SMARTS) is 1. The number of aliphatic carboxylic acids is 1. The molecule has 0 heterocycles. The molecule has 19 heavy (non-hydrogen) atoms. The van der Waals surface area contributed by atoms with Gasteiger partial charge in [0.05, 0.1) is 6.42 Å². The number of hydrogen-bond donors (Lipinski definition) is 1. The van der Waals surface area contributed by atoms with Crippen molar-refractivity contribution in [3.8, 4) is 5.75 Å². The molecular formula is C12H14F3NO3. The zero-order valence-corrected chi connectivity index (χ0v) is 10.4. The van der Waals surface area contributed by atoms with Crippen molar-refractivity contribution >= 4 is 11.7 Å². The number of halogens is 3. The molecule has 1 atom stereocenters. The van der Waals surface area contributed by atoms with E-state index < -0.39 is 24.7 Å². The van der Waals surface area contributed by atoms with Gasteiger partial charge >= 0.3 is 12.1 Å². The van der Waals surface area contributed by atoms with Gasteiger partial charge in [0.1, 0.15) is 5.75 Å². The van der Waals surface area contributed by atoms with E-state index in [0.717, 1.165) is 0 Å². The molecule has 7 heteroatoms. The van der Waals surface area contributed by atoms with Crippen LogP contribution in [0, 0.1) is 0 Å². The van der Waals surface area contributed by atoms with Crippen molar-refractivity contribution in [2.24, 2.45) is 0 Å². The molecule has 0 amide bonds. The van der Waals surface area contributed by atoms with Crippen LogP contribution in [0.4, 0.5) is 18.9 Å². The SMILES string of the molecule is CN(C)c1cccc(OC(CC(=O)O)C(F)(F)F)c1. The molecule has 0 aliphatic rings. The number of carbonyl (C=O) groups is 1. The van der Waals surface area contributed by atoms with Crippen LogP contribution in [0.3, 0.4) is 0 Å². The largest absolute Gasteiger partial charge is 0.481 e. The fourth-order valence-electron chi connectivity index (χ4n) is 1.38. The van der Waals surface area contributed by atoms with Crippen molar-refractivity contribution in [2.75, 3.05) is 19.0 Å². The van der Waals surface area contributed by atoms with E-state index in [1.165, 1.54) is 12.1 Å². The van der Waals surface area contributed by atoms with Crippen LogP contribution in [0.15, 0.2) is 24.3 Å². The quantitative estimate of drug-likeness (QED) is 0.898. The summed E-state index contributed by atoms with van der Waals surface area (Å²) in [6.07, 6.45) is -8.22. The van der Waals surface area contributed by atoms with E-state index in [0.29, 0.717) is 5.69 Å². The lowest BCUT2D eigenvalue weighted by atomic mass is 10.2. The van der Waals surface area contributed by atoms with Crippen LogP contribution in [-0.2, 0) is 4.79 Å². The van der Waals surface area contributed by atoms with Crippen LogP contribution < -0.4 is 9.64 Å². The van der Waals surface area contributed by atoms with Crippen LogP contribution in [0.25, 0.3) is 0 Å². The highest BCUT2D eigenvalue weighted by atomic mass is 19.4. The third kappa shape index (κ3) is 4.69. The van der Waals surface area contributed by atoms with Crippen LogP contribution in [0.5, 0.6) is 5.75 Å². The van der Waals surface area contributed by atoms with E-state index in [1.54, 1.807) is 31.1 Å². The number of rotatable bonds is 5. The third-order valence-corrected chi connectivity index (χ3v) is 2.34. The normalized spacial score (nSPS) is 12.9. The zero-order chi connectivity index (χ0) is 14.6. The predicted molar refractivity (Wildman–Crippen MR) is 63.5 cm³/mol. The summed E-state index contributed by atoms with van der Waals surface area (Å²) in [5.41, 5.74) is 0.661. The number of nitrogens with zero attached hydrogens (tertiary/aromatic N) is 1. The molecule has 1 rings (SSSR count). The van der Waals surface area contributed by atoms with Gasteiger partial charge in [0.25, 0.3) is 0 Å². The molecule has 0 saturated carbocycles. The van der Waals surface area contributed by atoms with Crippen LogP contribution in [0.2, 0.25) is 0 Å². The molecule has 1 N–H and O–H groups in total. The molecule has 0 saturated heterocycles. The molecule has 0 aliphatic carbocycles. The number of benzene rings is 1. The Hall–Kier alpha value is -1.92. The molecular weight excluding hydrogens is 263 g/mol. The number of ether oxygens (including phenoxy) is 1. The Bertz CT molecular complexity index is 446. The monoisotopic (exact) mass is 277 g/mol. The first kappa shape index (κ1) is 15.1. The first-order valence-electron chi connectivity index (χ1n) is 5.42. The molecule has 0 bridgehead atoms. The maximum atomic E-state index is 12.6. The Labute approximate surface area is 108 Å². The smallest absolute Gasteiger partial charge is 0.425 e. The van der Waals surface area contributed by atoms with E-state index >= 15 is 0 Å². The summed E-state index contributed by atoms with van der Waals surface area (Å²) in [5, 5.41) is 8.48. The first-order chi connectivity index (χ1) is 8.70. The standard InChI is InChI=1S/C12H14F3NO3/c1-16(2)8-4-3-5-9(6-8)19-10(7-11(17)18)12(13,14)15/h3-6,10H,7H2,1-2H3,(H,17,18). The topological polar surface area (TPSA) is 49.8 Å². The Morgan fingerprint density at radius 3 is 2.53 bits per heavy atom. The fraction of sp³-hybridized carbons (Fsp3) is 0.417. The van der Waals surface area contributed by atoms with Crippen LogP contribution in [-0.4, -0.2) is 37.5 Å². The Kier molecular flexibility index (Phi) is 4.63. The van der Waals surface area contributed by atoms with Gasteiger partial charge in [-0.15, -0.1) is 0 Å². The lowest BCUT2D eigenvalue weighted by Gasteiger charge is -2.21. The molecule has 4 nitrogen and oxygen atoms in total. The summed E-state index contributed by atoms with van der Waals surface area (Å²) >= 11 is 0. The zero-order valence-electron chi connectivity index (χ0n) is 10.4. The highest BCUT2D eigenvalue weighted by molar-refractivity contribution is 5.67. The number of anilines is 1. The van der Waals surface area contributed by atoms with Gasteiger partial charge in [0, 0.05) is 25.8 Å². The summed E-state index contributed by atoms with van der Waals surface area (Å²) in [6, 6.07) is 6.01. The molecule has 0 radical (unpaired) electrons. The van der Waals surface area contributed by atoms with Gasteiger partial charge in [-0.25, -0.2) is 0 Å². The van der Waals surface area contributed by atoms with Gasteiger partial charge in [-0.05, 0) is 12.1 Å². The lowest BCUT2D eigenvalue weighted by molar-refractivity contribution is -0.200. The molecule has 1 aromatic rings. The highest BCUT2D eigenvalue weighted by Gasteiger charge is 2.43. The van der Waals surface area contributed by atoms with Crippen molar-refractivity contribution in [1.29, 1.82) is 0 Å². The van der Waals surface area contributed by atoms with Crippen molar-refractivity contribution in [3.05, 3.63) is 24.3 Å². The fourth-order valence-corrected chi connectivity index (χ4v) is 1.38. The average Bonchev–Trinajstić information content (AvgIpc) is 2.26. The number of alkyl halides is 3.